The van der Waals surface area contributed by atoms with Gasteiger partial charge in [0.05, 0.1) is 5.60 Å². The molecule has 1 aromatic rings. The minimum absolute atomic E-state index is 0.245. The highest BCUT2D eigenvalue weighted by Crippen LogP contribution is 2.44. The standard InChI is InChI=1S/C16H25NO/c1-3-6-13-8-11-17-15(12-13)14-7-5-10-16(14,18)9-4-2/h8,11-12,14,18H,3-7,9-10H2,1-2H3. The molecule has 18 heavy (non-hydrogen) atoms. The summed E-state index contributed by atoms with van der Waals surface area (Å²) in [6.45, 7) is 4.34. The van der Waals surface area contributed by atoms with Crippen LogP contribution in [-0.4, -0.2) is 15.7 Å². The average molecular weight is 247 g/mol. The average Bonchev–Trinajstić information content (AvgIpc) is 2.72. The molecule has 2 atom stereocenters. The van der Waals surface area contributed by atoms with Gasteiger partial charge in [-0.3, -0.25) is 4.98 Å². The summed E-state index contributed by atoms with van der Waals surface area (Å²) in [6.07, 6.45) is 9.26. The Morgan fingerprint density at radius 3 is 2.94 bits per heavy atom. The summed E-state index contributed by atoms with van der Waals surface area (Å²) in [4.78, 5) is 4.52. The zero-order valence-corrected chi connectivity index (χ0v) is 11.7. The lowest BCUT2D eigenvalue weighted by molar-refractivity contribution is 0.0195. The Balaban J connectivity index is 2.21. The van der Waals surface area contributed by atoms with E-state index in [4.69, 9.17) is 0 Å². The van der Waals surface area contributed by atoms with E-state index in [9.17, 15) is 5.11 Å². The van der Waals surface area contributed by atoms with Crippen LogP contribution in [0.15, 0.2) is 18.3 Å². The fourth-order valence-corrected chi connectivity index (χ4v) is 3.34. The molecule has 2 heteroatoms. The van der Waals surface area contributed by atoms with Crippen molar-refractivity contribution in [3.8, 4) is 0 Å². The minimum atomic E-state index is -0.507. The van der Waals surface area contributed by atoms with Crippen LogP contribution >= 0.6 is 0 Å². The van der Waals surface area contributed by atoms with Gasteiger partial charge in [-0.15, -0.1) is 0 Å². The number of aliphatic hydroxyl groups is 1. The molecular weight excluding hydrogens is 222 g/mol. The highest BCUT2D eigenvalue weighted by atomic mass is 16.3. The molecule has 0 amide bonds. The fourth-order valence-electron chi connectivity index (χ4n) is 3.34. The topological polar surface area (TPSA) is 33.1 Å². The van der Waals surface area contributed by atoms with Gasteiger partial charge in [0.1, 0.15) is 0 Å². The maximum absolute atomic E-state index is 10.8. The van der Waals surface area contributed by atoms with E-state index >= 15 is 0 Å². The Kier molecular flexibility index (Phi) is 4.39. The molecule has 0 radical (unpaired) electrons. The predicted molar refractivity (Wildman–Crippen MR) is 74.7 cm³/mol. The molecular formula is C16H25NO. The van der Waals surface area contributed by atoms with Gasteiger partial charge < -0.3 is 5.11 Å². The van der Waals surface area contributed by atoms with E-state index in [-0.39, 0.29) is 5.92 Å². The molecule has 0 aromatic carbocycles. The minimum Gasteiger partial charge on any atom is -0.389 e. The first-order valence-electron chi connectivity index (χ1n) is 7.37. The Labute approximate surface area is 110 Å². The molecule has 2 unspecified atom stereocenters. The van der Waals surface area contributed by atoms with Crippen LogP contribution in [0.25, 0.3) is 0 Å². The molecule has 1 heterocycles. The molecule has 0 saturated heterocycles. The lowest BCUT2D eigenvalue weighted by atomic mass is 9.84. The van der Waals surface area contributed by atoms with Crippen LogP contribution in [-0.2, 0) is 6.42 Å². The molecule has 0 spiro atoms. The number of nitrogens with zero attached hydrogens (tertiary/aromatic N) is 1. The highest BCUT2D eigenvalue weighted by Gasteiger charge is 2.41. The summed E-state index contributed by atoms with van der Waals surface area (Å²) in [6, 6.07) is 4.31. The number of aryl methyl sites for hydroxylation is 1. The molecule has 1 N–H and O–H groups in total. The second-order valence-electron chi connectivity index (χ2n) is 5.64. The summed E-state index contributed by atoms with van der Waals surface area (Å²) in [5.74, 6) is 0.245. The first-order chi connectivity index (χ1) is 8.69. The monoisotopic (exact) mass is 247 g/mol. The van der Waals surface area contributed by atoms with Gasteiger partial charge in [-0.1, -0.05) is 26.7 Å². The molecule has 1 fully saturated rings. The van der Waals surface area contributed by atoms with Crippen LogP contribution in [0, 0.1) is 0 Å². The molecule has 1 aliphatic rings. The third kappa shape index (κ3) is 2.74. The van der Waals surface area contributed by atoms with Gasteiger partial charge in [0, 0.05) is 17.8 Å². The van der Waals surface area contributed by atoms with Crippen molar-refractivity contribution in [3.63, 3.8) is 0 Å². The van der Waals surface area contributed by atoms with Crippen LogP contribution in [0.3, 0.4) is 0 Å². The van der Waals surface area contributed by atoms with Gasteiger partial charge in [-0.05, 0) is 49.8 Å². The summed E-state index contributed by atoms with van der Waals surface area (Å²) in [7, 11) is 0. The molecule has 100 valence electrons. The van der Waals surface area contributed by atoms with Gasteiger partial charge >= 0.3 is 0 Å². The summed E-state index contributed by atoms with van der Waals surface area (Å²) >= 11 is 0. The first-order valence-corrected chi connectivity index (χ1v) is 7.37. The molecule has 1 aliphatic carbocycles. The maximum atomic E-state index is 10.8. The molecule has 2 rings (SSSR count). The van der Waals surface area contributed by atoms with Gasteiger partial charge in [0.25, 0.3) is 0 Å². The SMILES string of the molecule is CCCc1ccnc(C2CCCC2(O)CCC)c1. The number of pyridine rings is 1. The van der Waals surface area contributed by atoms with E-state index in [0.717, 1.165) is 50.6 Å². The quantitative estimate of drug-likeness (QED) is 0.857. The Bertz CT molecular complexity index is 390. The van der Waals surface area contributed by atoms with E-state index in [2.05, 4.69) is 31.0 Å². The van der Waals surface area contributed by atoms with Gasteiger partial charge in [-0.25, -0.2) is 0 Å². The van der Waals surface area contributed by atoms with E-state index in [1.54, 1.807) is 0 Å². The van der Waals surface area contributed by atoms with Crippen LogP contribution in [0.2, 0.25) is 0 Å². The van der Waals surface area contributed by atoms with Crippen molar-refractivity contribution in [2.45, 2.75) is 70.3 Å². The van der Waals surface area contributed by atoms with Gasteiger partial charge in [-0.2, -0.15) is 0 Å². The molecule has 0 aliphatic heterocycles. The lowest BCUT2D eigenvalue weighted by Gasteiger charge is -2.29. The first kappa shape index (κ1) is 13.5. The zero-order chi connectivity index (χ0) is 13.0. The number of hydrogen-bond donors (Lipinski definition) is 1. The van der Waals surface area contributed by atoms with E-state index < -0.39 is 5.60 Å². The van der Waals surface area contributed by atoms with Crippen molar-refractivity contribution < 1.29 is 5.11 Å². The highest BCUT2D eigenvalue weighted by molar-refractivity contribution is 5.23. The summed E-state index contributed by atoms with van der Waals surface area (Å²) in [5, 5.41) is 10.8. The predicted octanol–water partition coefficient (Wildman–Crippen LogP) is 3.83. The second-order valence-corrected chi connectivity index (χ2v) is 5.64. The zero-order valence-electron chi connectivity index (χ0n) is 11.7. The molecule has 0 bridgehead atoms. The Morgan fingerprint density at radius 2 is 2.22 bits per heavy atom. The van der Waals surface area contributed by atoms with Crippen LogP contribution in [0.4, 0.5) is 0 Å². The number of rotatable bonds is 5. The summed E-state index contributed by atoms with van der Waals surface area (Å²) < 4.78 is 0. The third-order valence-corrected chi connectivity index (χ3v) is 4.18. The van der Waals surface area contributed by atoms with E-state index in [1.807, 2.05) is 6.20 Å². The van der Waals surface area contributed by atoms with Crippen molar-refractivity contribution in [1.82, 2.24) is 4.98 Å². The Morgan fingerprint density at radius 1 is 1.39 bits per heavy atom. The molecule has 1 aromatic heterocycles. The van der Waals surface area contributed by atoms with Crippen molar-refractivity contribution in [2.24, 2.45) is 0 Å². The van der Waals surface area contributed by atoms with Crippen LogP contribution < -0.4 is 0 Å². The van der Waals surface area contributed by atoms with Crippen molar-refractivity contribution >= 4 is 0 Å². The third-order valence-electron chi connectivity index (χ3n) is 4.18. The fraction of sp³-hybridized carbons (Fsp3) is 0.688. The normalized spacial score (nSPS) is 27.6. The lowest BCUT2D eigenvalue weighted by Crippen LogP contribution is -2.31. The summed E-state index contributed by atoms with van der Waals surface area (Å²) in [5.41, 5.74) is 1.95. The number of aromatic nitrogens is 1. The Hall–Kier alpha value is -0.890. The maximum Gasteiger partial charge on any atom is 0.0731 e. The van der Waals surface area contributed by atoms with Crippen LogP contribution in [0.5, 0.6) is 0 Å². The van der Waals surface area contributed by atoms with Crippen LogP contribution in [0.1, 0.15) is 69.5 Å². The smallest absolute Gasteiger partial charge is 0.0731 e. The van der Waals surface area contributed by atoms with E-state index in [0.29, 0.717) is 0 Å². The van der Waals surface area contributed by atoms with Crippen molar-refractivity contribution in [3.05, 3.63) is 29.6 Å². The molecule has 2 nitrogen and oxygen atoms in total. The van der Waals surface area contributed by atoms with Gasteiger partial charge in [0.15, 0.2) is 0 Å². The van der Waals surface area contributed by atoms with E-state index in [1.165, 1.54) is 5.56 Å². The second kappa shape index (κ2) is 5.83. The number of hydrogen-bond acceptors (Lipinski definition) is 2. The van der Waals surface area contributed by atoms with Crippen molar-refractivity contribution in [2.75, 3.05) is 0 Å². The molecule has 1 saturated carbocycles. The van der Waals surface area contributed by atoms with Crippen molar-refractivity contribution in [1.29, 1.82) is 0 Å². The van der Waals surface area contributed by atoms with Gasteiger partial charge in [0.2, 0.25) is 0 Å². The largest absolute Gasteiger partial charge is 0.389 e.